The van der Waals surface area contributed by atoms with Gasteiger partial charge in [-0.25, -0.2) is 8.93 Å². The molecule has 0 bridgehead atoms. The van der Waals surface area contributed by atoms with Crippen molar-refractivity contribution in [3.05, 3.63) is 30.1 Å². The summed E-state index contributed by atoms with van der Waals surface area (Å²) in [5.41, 5.74) is 1.09. The summed E-state index contributed by atoms with van der Waals surface area (Å²) in [5.74, 6) is 0. The molecule has 0 amide bonds. The van der Waals surface area contributed by atoms with Crippen LogP contribution in [0.15, 0.2) is 24.5 Å². The molecule has 0 aromatic carbocycles. The van der Waals surface area contributed by atoms with Gasteiger partial charge in [-0.3, -0.25) is 4.98 Å². The van der Waals surface area contributed by atoms with Gasteiger partial charge in [0.2, 0.25) is 0 Å². The predicted octanol–water partition coefficient (Wildman–Crippen LogP) is 2.58. The fourth-order valence-electron chi connectivity index (χ4n) is 1.28. The first kappa shape index (κ1) is 13.3. The summed E-state index contributed by atoms with van der Waals surface area (Å²) >= 11 is 0. The van der Waals surface area contributed by atoms with Crippen molar-refractivity contribution in [2.45, 2.75) is 44.9 Å². The second kappa shape index (κ2) is 5.55. The molecule has 0 saturated heterocycles. The summed E-state index contributed by atoms with van der Waals surface area (Å²) < 4.78 is 14.9. The van der Waals surface area contributed by atoms with Crippen LogP contribution in [0.4, 0.5) is 0 Å². The lowest BCUT2D eigenvalue weighted by atomic mass is 10.1. The molecule has 1 rings (SSSR count). The molecule has 1 N–H and O–H groups in total. The monoisotopic (exact) mass is 240 g/mol. The van der Waals surface area contributed by atoms with Crippen molar-refractivity contribution < 1.29 is 4.21 Å². The second-order valence-electron chi connectivity index (χ2n) is 4.75. The highest BCUT2D eigenvalue weighted by Crippen LogP contribution is 2.19. The number of nitrogens with zero attached hydrogens (tertiary/aromatic N) is 1. The van der Waals surface area contributed by atoms with Gasteiger partial charge in [0.05, 0.1) is 15.7 Å². The van der Waals surface area contributed by atoms with E-state index in [0.29, 0.717) is 0 Å². The summed E-state index contributed by atoms with van der Waals surface area (Å²) in [4.78, 5) is 4.08. The Bertz CT molecular complexity index is 346. The molecule has 0 saturated carbocycles. The lowest BCUT2D eigenvalue weighted by Crippen LogP contribution is -2.35. The fraction of sp³-hybridized carbons (Fsp3) is 0.583. The van der Waals surface area contributed by atoms with E-state index in [1.165, 1.54) is 0 Å². The number of hydrogen-bond donors (Lipinski definition) is 1. The molecule has 1 aromatic rings. The molecule has 0 spiro atoms. The molecular formula is C12H20N2OS. The molecule has 90 valence electrons. The lowest BCUT2D eigenvalue weighted by Gasteiger charge is -2.23. The maximum absolute atomic E-state index is 12.0. The van der Waals surface area contributed by atoms with Crippen molar-refractivity contribution in [3.8, 4) is 0 Å². The smallest absolute Gasteiger partial charge is 0.0975 e. The van der Waals surface area contributed by atoms with Crippen molar-refractivity contribution in [1.29, 1.82) is 0 Å². The van der Waals surface area contributed by atoms with Crippen LogP contribution < -0.4 is 4.72 Å². The minimum Gasteiger partial charge on any atom is -0.264 e. The Morgan fingerprint density at radius 1 is 1.50 bits per heavy atom. The van der Waals surface area contributed by atoms with Gasteiger partial charge in [-0.05, 0) is 38.8 Å². The first-order chi connectivity index (χ1) is 7.45. The third-order valence-corrected chi connectivity index (χ3v) is 3.91. The molecule has 16 heavy (non-hydrogen) atoms. The number of rotatable bonds is 4. The molecule has 0 aliphatic heterocycles. The van der Waals surface area contributed by atoms with E-state index in [1.54, 1.807) is 6.20 Å². The van der Waals surface area contributed by atoms with E-state index in [-0.39, 0.29) is 10.8 Å². The summed E-state index contributed by atoms with van der Waals surface area (Å²) in [5, 5.41) is 0. The van der Waals surface area contributed by atoms with E-state index in [2.05, 4.69) is 16.6 Å². The second-order valence-corrected chi connectivity index (χ2v) is 6.74. The molecule has 0 radical (unpaired) electrons. The maximum atomic E-state index is 12.0. The zero-order chi connectivity index (χ0) is 12.2. The first-order valence-electron chi connectivity index (χ1n) is 5.53. The normalized spacial score (nSPS) is 15.8. The zero-order valence-electron chi connectivity index (χ0n) is 10.4. The molecule has 1 aromatic heterocycles. The Morgan fingerprint density at radius 2 is 2.19 bits per heavy atom. The van der Waals surface area contributed by atoms with E-state index < -0.39 is 11.0 Å². The van der Waals surface area contributed by atoms with Crippen molar-refractivity contribution in [1.82, 2.24) is 9.71 Å². The Kier molecular flexibility index (Phi) is 4.62. The highest BCUT2D eigenvalue weighted by molar-refractivity contribution is 7.84. The highest BCUT2D eigenvalue weighted by atomic mass is 32.2. The molecule has 0 aliphatic carbocycles. The van der Waals surface area contributed by atoms with Gasteiger partial charge in [0.15, 0.2) is 0 Å². The van der Waals surface area contributed by atoms with Gasteiger partial charge >= 0.3 is 0 Å². The van der Waals surface area contributed by atoms with E-state index >= 15 is 0 Å². The van der Waals surface area contributed by atoms with Gasteiger partial charge in [0.1, 0.15) is 0 Å². The quantitative estimate of drug-likeness (QED) is 0.879. The van der Waals surface area contributed by atoms with Crippen LogP contribution in [0.1, 0.15) is 45.7 Å². The molecule has 1 unspecified atom stereocenters. The SMILES string of the molecule is CC[C@@H](NS(=O)C(C)(C)C)c1cccnc1. The summed E-state index contributed by atoms with van der Waals surface area (Å²) in [6.45, 7) is 7.97. The molecule has 3 nitrogen and oxygen atoms in total. The lowest BCUT2D eigenvalue weighted by molar-refractivity contribution is 0.588. The molecule has 0 aliphatic rings. The fourth-order valence-corrected chi connectivity index (χ4v) is 2.19. The number of hydrogen-bond acceptors (Lipinski definition) is 2. The number of nitrogens with one attached hydrogen (secondary N) is 1. The van der Waals surface area contributed by atoms with Gasteiger partial charge in [-0.2, -0.15) is 0 Å². The molecule has 0 fully saturated rings. The van der Waals surface area contributed by atoms with E-state index in [1.807, 2.05) is 39.1 Å². The first-order valence-corrected chi connectivity index (χ1v) is 6.68. The third-order valence-electron chi connectivity index (χ3n) is 2.30. The zero-order valence-corrected chi connectivity index (χ0v) is 11.2. The topological polar surface area (TPSA) is 42.0 Å². The van der Waals surface area contributed by atoms with Crippen LogP contribution in [0.3, 0.4) is 0 Å². The van der Waals surface area contributed by atoms with Crippen molar-refractivity contribution in [2.24, 2.45) is 0 Å². The number of aromatic nitrogens is 1. The maximum Gasteiger partial charge on any atom is 0.0975 e. The van der Waals surface area contributed by atoms with Crippen LogP contribution in [0.5, 0.6) is 0 Å². The minimum absolute atomic E-state index is 0.105. The Hall–Kier alpha value is -0.740. The molecule has 4 heteroatoms. The molecule has 2 atom stereocenters. The Morgan fingerprint density at radius 3 is 2.62 bits per heavy atom. The number of pyridine rings is 1. The van der Waals surface area contributed by atoms with Gasteiger partial charge in [0.25, 0.3) is 0 Å². The van der Waals surface area contributed by atoms with Crippen molar-refractivity contribution in [2.75, 3.05) is 0 Å². The van der Waals surface area contributed by atoms with Gasteiger partial charge in [-0.15, -0.1) is 0 Å². The van der Waals surface area contributed by atoms with Gasteiger partial charge < -0.3 is 0 Å². The largest absolute Gasteiger partial charge is 0.264 e. The van der Waals surface area contributed by atoms with Crippen LogP contribution in [-0.2, 0) is 11.0 Å². The Balaban J connectivity index is 2.75. The molecular weight excluding hydrogens is 220 g/mol. The average Bonchev–Trinajstić information content (AvgIpc) is 2.25. The highest BCUT2D eigenvalue weighted by Gasteiger charge is 2.22. The van der Waals surface area contributed by atoms with Gasteiger partial charge in [0, 0.05) is 18.4 Å². The Labute approximate surface area is 100 Å². The van der Waals surface area contributed by atoms with Crippen LogP contribution in [0, 0.1) is 0 Å². The minimum atomic E-state index is -1.05. The van der Waals surface area contributed by atoms with Crippen LogP contribution in [-0.4, -0.2) is 13.9 Å². The van der Waals surface area contributed by atoms with Crippen LogP contribution >= 0.6 is 0 Å². The van der Waals surface area contributed by atoms with Crippen LogP contribution in [0.25, 0.3) is 0 Å². The van der Waals surface area contributed by atoms with E-state index in [9.17, 15) is 4.21 Å². The van der Waals surface area contributed by atoms with Crippen molar-refractivity contribution in [3.63, 3.8) is 0 Å². The standard InChI is InChI=1S/C12H20N2OS/c1-5-11(10-7-6-8-13-9-10)14-16(15)12(2,3)4/h6-9,11,14H,5H2,1-4H3/t11-,16?/m1/s1. The predicted molar refractivity (Wildman–Crippen MR) is 68.3 cm³/mol. The summed E-state index contributed by atoms with van der Waals surface area (Å²) in [7, 11) is -1.05. The van der Waals surface area contributed by atoms with Gasteiger partial charge in [-0.1, -0.05) is 13.0 Å². The average molecular weight is 240 g/mol. The van der Waals surface area contributed by atoms with Crippen molar-refractivity contribution >= 4 is 11.0 Å². The van der Waals surface area contributed by atoms with E-state index in [4.69, 9.17) is 0 Å². The van der Waals surface area contributed by atoms with E-state index in [0.717, 1.165) is 12.0 Å². The molecule has 1 heterocycles. The summed E-state index contributed by atoms with van der Waals surface area (Å²) in [6.07, 6.45) is 4.46. The summed E-state index contributed by atoms with van der Waals surface area (Å²) in [6, 6.07) is 4.02. The third kappa shape index (κ3) is 3.68. The van der Waals surface area contributed by atoms with Crippen LogP contribution in [0.2, 0.25) is 0 Å².